The third-order valence-corrected chi connectivity index (χ3v) is 7.58. The summed E-state index contributed by atoms with van der Waals surface area (Å²) in [6, 6.07) is 16.5. The summed E-state index contributed by atoms with van der Waals surface area (Å²) in [4.78, 5) is 17.3. The topological polar surface area (TPSA) is 46.6 Å². The van der Waals surface area contributed by atoms with Gasteiger partial charge >= 0.3 is 0 Å². The molecular weight excluding hydrogens is 396 g/mol. The summed E-state index contributed by atoms with van der Waals surface area (Å²) in [5.74, 6) is -0.879. The number of likely N-dealkylation sites (N-methyl/N-ethyl adjacent to an activating group) is 2. The molecule has 0 radical (unpaired) electrons. The Bertz CT molecular complexity index is 1250. The van der Waals surface area contributed by atoms with E-state index in [1.54, 1.807) is 0 Å². The number of hydrogen-bond donors (Lipinski definition) is 0. The number of ketones is 1. The van der Waals surface area contributed by atoms with E-state index in [0.717, 1.165) is 22.8 Å². The van der Waals surface area contributed by atoms with Gasteiger partial charge in [-0.3, -0.25) is 4.79 Å². The van der Waals surface area contributed by atoms with Crippen molar-refractivity contribution in [2.75, 3.05) is 23.9 Å². The van der Waals surface area contributed by atoms with Crippen molar-refractivity contribution in [3.63, 3.8) is 0 Å². The van der Waals surface area contributed by atoms with E-state index in [-0.39, 0.29) is 22.4 Å². The lowest BCUT2D eigenvalue weighted by Gasteiger charge is -2.37. The molecule has 0 bridgehead atoms. The van der Waals surface area contributed by atoms with Crippen molar-refractivity contribution in [1.29, 1.82) is 0 Å². The predicted octanol–water partition coefficient (Wildman–Crippen LogP) is 4.42. The Kier molecular flexibility index (Phi) is 4.26. The Morgan fingerprint density at radius 3 is 1.78 bits per heavy atom. The van der Waals surface area contributed by atoms with Gasteiger partial charge in [0, 0.05) is 53.3 Å². The van der Waals surface area contributed by atoms with Gasteiger partial charge in [-0.15, -0.1) is 5.76 Å². The van der Waals surface area contributed by atoms with Gasteiger partial charge in [0.2, 0.25) is 0 Å². The molecule has 3 aliphatic rings. The number of nitrogens with zero attached hydrogens (tertiary/aromatic N) is 2. The molecule has 0 fully saturated rings. The van der Waals surface area contributed by atoms with E-state index in [2.05, 4.69) is 61.8 Å². The summed E-state index contributed by atoms with van der Waals surface area (Å²) in [5, 5.41) is 13.1. The van der Waals surface area contributed by atoms with Crippen LogP contribution in [0.1, 0.15) is 38.8 Å². The molecule has 2 aromatic carbocycles. The SMILES string of the molecule is CN1/C(=C\C2=C([O-])C(/C=C3\N(C)c4ccccc4C3(C)C)C2=O)C(C)(C)c2ccccc21. The molecule has 0 N–H and O–H groups in total. The molecular formula is C28H29N2O2-. The Morgan fingerprint density at radius 1 is 0.812 bits per heavy atom. The van der Waals surface area contributed by atoms with Crippen molar-refractivity contribution >= 4 is 17.2 Å². The van der Waals surface area contributed by atoms with Gasteiger partial charge < -0.3 is 14.9 Å². The van der Waals surface area contributed by atoms with E-state index in [9.17, 15) is 9.90 Å². The molecule has 1 atom stereocenters. The molecule has 1 aliphatic carbocycles. The van der Waals surface area contributed by atoms with Crippen LogP contribution in [-0.4, -0.2) is 19.9 Å². The molecule has 0 aromatic heterocycles. The molecule has 1 unspecified atom stereocenters. The number of fused-ring (bicyclic) bond motifs is 2. The lowest BCUT2D eigenvalue weighted by molar-refractivity contribution is -0.315. The van der Waals surface area contributed by atoms with Crippen LogP contribution >= 0.6 is 0 Å². The van der Waals surface area contributed by atoms with Crippen molar-refractivity contribution in [3.8, 4) is 0 Å². The normalized spacial score (nSPS) is 25.4. The van der Waals surface area contributed by atoms with Crippen LogP contribution in [0, 0.1) is 5.92 Å². The second kappa shape index (κ2) is 6.61. The number of anilines is 2. The zero-order valence-electron chi connectivity index (χ0n) is 19.6. The van der Waals surface area contributed by atoms with E-state index >= 15 is 0 Å². The number of Topliss-reactive ketones (excluding diaryl/α,β-unsaturated/α-hetero) is 1. The van der Waals surface area contributed by atoms with Gasteiger partial charge in [-0.1, -0.05) is 64.1 Å². The Balaban J connectivity index is 1.51. The van der Waals surface area contributed by atoms with Crippen LogP contribution in [0.25, 0.3) is 0 Å². The summed E-state index contributed by atoms with van der Waals surface area (Å²) in [5.41, 5.74) is 6.44. The molecule has 2 aromatic rings. The van der Waals surface area contributed by atoms with E-state index in [0.29, 0.717) is 5.57 Å². The van der Waals surface area contributed by atoms with Gasteiger partial charge in [-0.25, -0.2) is 0 Å². The molecule has 32 heavy (non-hydrogen) atoms. The molecule has 4 heteroatoms. The quantitative estimate of drug-likeness (QED) is 0.715. The standard InChI is InChI=1S/C28H30N2O2/c1-27(2)19-11-7-9-13-21(19)29(5)23(27)15-17-25(31)18(26(17)32)16-24-28(3,4)20-12-8-10-14-22(20)30(24)6/h7-17,31H,1-6H3/p-1/b23-15-,24-16-. The summed E-state index contributed by atoms with van der Waals surface area (Å²) in [7, 11) is 4.01. The van der Waals surface area contributed by atoms with Crippen LogP contribution < -0.4 is 14.9 Å². The van der Waals surface area contributed by atoms with Crippen LogP contribution in [-0.2, 0) is 15.6 Å². The minimum Gasteiger partial charge on any atom is -0.874 e. The Morgan fingerprint density at radius 2 is 1.28 bits per heavy atom. The highest BCUT2D eigenvalue weighted by atomic mass is 16.3. The summed E-state index contributed by atoms with van der Waals surface area (Å²) < 4.78 is 0. The minimum absolute atomic E-state index is 0.0877. The van der Waals surface area contributed by atoms with E-state index < -0.39 is 5.92 Å². The fraction of sp³-hybridized carbons (Fsp3) is 0.321. The number of benzene rings is 2. The number of allylic oxidation sites excluding steroid dienone is 5. The minimum atomic E-state index is -0.704. The van der Waals surface area contributed by atoms with Crippen LogP contribution in [0.3, 0.4) is 0 Å². The predicted molar refractivity (Wildman–Crippen MR) is 127 cm³/mol. The second-order valence-corrected chi connectivity index (χ2v) is 10.1. The van der Waals surface area contributed by atoms with Crippen LogP contribution in [0.5, 0.6) is 0 Å². The monoisotopic (exact) mass is 425 g/mol. The average Bonchev–Trinajstić information content (AvgIpc) is 3.09. The van der Waals surface area contributed by atoms with Gasteiger partial charge in [-0.2, -0.15) is 0 Å². The van der Waals surface area contributed by atoms with E-state index in [1.165, 1.54) is 11.1 Å². The van der Waals surface area contributed by atoms with E-state index in [1.807, 2.05) is 50.5 Å². The molecule has 164 valence electrons. The van der Waals surface area contributed by atoms with Crippen molar-refractivity contribution in [2.45, 2.75) is 38.5 Å². The number of hydrogen-bond acceptors (Lipinski definition) is 4. The molecule has 0 spiro atoms. The van der Waals surface area contributed by atoms with Crippen LogP contribution in [0.2, 0.25) is 0 Å². The Labute approximate surface area is 190 Å². The lowest BCUT2D eigenvalue weighted by atomic mass is 9.76. The maximum Gasteiger partial charge on any atom is 0.172 e. The summed E-state index contributed by atoms with van der Waals surface area (Å²) >= 11 is 0. The number of carbonyl (C=O) groups is 1. The summed E-state index contributed by atoms with van der Waals surface area (Å²) in [6.07, 6.45) is 3.70. The second-order valence-electron chi connectivity index (χ2n) is 10.1. The molecule has 0 amide bonds. The maximum atomic E-state index is 13.1. The smallest absolute Gasteiger partial charge is 0.172 e. The third kappa shape index (κ3) is 2.59. The highest BCUT2D eigenvalue weighted by Crippen LogP contribution is 2.50. The zero-order valence-corrected chi connectivity index (χ0v) is 19.6. The van der Waals surface area contributed by atoms with Crippen molar-refractivity contribution < 1.29 is 9.90 Å². The maximum absolute atomic E-state index is 13.1. The molecule has 2 aliphatic heterocycles. The lowest BCUT2D eigenvalue weighted by Crippen LogP contribution is -2.38. The molecule has 4 nitrogen and oxygen atoms in total. The van der Waals surface area contributed by atoms with Gasteiger partial charge in [0.25, 0.3) is 0 Å². The van der Waals surface area contributed by atoms with Crippen molar-refractivity contribution in [3.05, 3.63) is 94.5 Å². The highest BCUT2D eigenvalue weighted by Gasteiger charge is 2.42. The number of carbonyl (C=O) groups excluding carboxylic acids is 1. The Hall–Kier alpha value is -3.27. The first kappa shape index (κ1) is 20.6. The first-order chi connectivity index (χ1) is 15.1. The first-order valence-corrected chi connectivity index (χ1v) is 11.1. The van der Waals surface area contributed by atoms with Crippen molar-refractivity contribution in [1.82, 2.24) is 0 Å². The average molecular weight is 426 g/mol. The van der Waals surface area contributed by atoms with Gasteiger partial charge in [0.1, 0.15) is 0 Å². The molecule has 0 saturated carbocycles. The number of para-hydroxylation sites is 2. The van der Waals surface area contributed by atoms with Crippen molar-refractivity contribution in [2.24, 2.45) is 5.92 Å². The zero-order chi connectivity index (χ0) is 23.0. The molecule has 0 saturated heterocycles. The molecule has 5 rings (SSSR count). The van der Waals surface area contributed by atoms with Gasteiger partial charge in [-0.05, 0) is 35.4 Å². The first-order valence-electron chi connectivity index (χ1n) is 11.1. The van der Waals surface area contributed by atoms with Gasteiger partial charge in [0.15, 0.2) is 5.78 Å². The van der Waals surface area contributed by atoms with E-state index in [4.69, 9.17) is 0 Å². The fourth-order valence-electron chi connectivity index (χ4n) is 5.65. The number of rotatable bonds is 2. The highest BCUT2D eigenvalue weighted by molar-refractivity contribution is 6.09. The summed E-state index contributed by atoms with van der Waals surface area (Å²) in [6.45, 7) is 8.58. The molecule has 2 heterocycles. The third-order valence-electron chi connectivity index (χ3n) is 7.58. The van der Waals surface area contributed by atoms with Crippen LogP contribution in [0.4, 0.5) is 11.4 Å². The largest absolute Gasteiger partial charge is 0.874 e. The van der Waals surface area contributed by atoms with Crippen LogP contribution in [0.15, 0.2) is 83.4 Å². The van der Waals surface area contributed by atoms with Gasteiger partial charge in [0.05, 0.1) is 5.92 Å². The fourth-order valence-corrected chi connectivity index (χ4v) is 5.65.